The van der Waals surface area contributed by atoms with Crippen LogP contribution in [-0.4, -0.2) is 17.9 Å². The molecule has 5 nitrogen and oxygen atoms in total. The monoisotopic (exact) mass is 476 g/mol. The first-order valence-corrected chi connectivity index (χ1v) is 11.0. The van der Waals surface area contributed by atoms with E-state index in [1.165, 1.54) is 4.90 Å². The normalized spacial score (nSPS) is 22.9. The van der Waals surface area contributed by atoms with Gasteiger partial charge in [0.05, 0.1) is 17.4 Å². The number of carbonyl (C=O) groups is 2. The molecule has 0 saturated carbocycles. The number of benzene rings is 3. The molecule has 2 amide bonds. The first kappa shape index (κ1) is 20.0. The summed E-state index contributed by atoms with van der Waals surface area (Å²) in [5.41, 5.74) is 4.47. The van der Waals surface area contributed by atoms with Crippen molar-refractivity contribution < 1.29 is 14.4 Å². The molecule has 3 atom stereocenters. The van der Waals surface area contributed by atoms with Crippen LogP contribution in [0.5, 0.6) is 0 Å². The topological polar surface area (TPSA) is 49.9 Å². The standard InChI is InChI=1S/C25H21BrN2O3/c1-15-8-13-20(14-16(15)2)27-24(29)21-22(17-9-11-18(26)12-10-17)28(31-23(21)25(27)30)19-6-4-3-5-7-19/h3-14,21-23H,1-2H3. The van der Waals surface area contributed by atoms with Gasteiger partial charge in [0.25, 0.3) is 5.91 Å². The zero-order chi connectivity index (χ0) is 21.7. The Morgan fingerprint density at radius 2 is 1.52 bits per heavy atom. The van der Waals surface area contributed by atoms with Crippen LogP contribution in [0.15, 0.2) is 77.3 Å². The molecule has 2 aliphatic heterocycles. The number of hydrogen-bond donors (Lipinski definition) is 0. The molecule has 2 fully saturated rings. The minimum Gasteiger partial charge on any atom is -0.273 e. The van der Waals surface area contributed by atoms with Gasteiger partial charge in [-0.05, 0) is 66.9 Å². The van der Waals surface area contributed by atoms with Crippen LogP contribution in [0.25, 0.3) is 0 Å². The van der Waals surface area contributed by atoms with Gasteiger partial charge in [-0.2, -0.15) is 0 Å². The van der Waals surface area contributed by atoms with Gasteiger partial charge in [-0.1, -0.05) is 52.3 Å². The molecule has 2 heterocycles. The average Bonchev–Trinajstić information content (AvgIpc) is 3.28. The van der Waals surface area contributed by atoms with Gasteiger partial charge in [-0.25, -0.2) is 9.96 Å². The van der Waals surface area contributed by atoms with Gasteiger partial charge in [-0.15, -0.1) is 0 Å². The summed E-state index contributed by atoms with van der Waals surface area (Å²) in [4.78, 5) is 34.4. The molecular formula is C25H21BrN2O3. The number of amides is 2. The summed E-state index contributed by atoms with van der Waals surface area (Å²) in [6.07, 6.45) is -0.858. The van der Waals surface area contributed by atoms with Crippen molar-refractivity contribution in [2.75, 3.05) is 9.96 Å². The van der Waals surface area contributed by atoms with Crippen molar-refractivity contribution in [2.45, 2.75) is 26.0 Å². The van der Waals surface area contributed by atoms with Crippen molar-refractivity contribution in [3.05, 3.63) is 94.0 Å². The number of hydrogen-bond acceptors (Lipinski definition) is 4. The number of rotatable bonds is 3. The highest BCUT2D eigenvalue weighted by Gasteiger charge is 2.60. The fraction of sp³-hybridized carbons (Fsp3) is 0.200. The molecule has 3 aromatic rings. The van der Waals surface area contributed by atoms with E-state index in [9.17, 15) is 9.59 Å². The molecular weight excluding hydrogens is 456 g/mol. The molecule has 0 spiro atoms. The Labute approximate surface area is 189 Å². The van der Waals surface area contributed by atoms with E-state index in [4.69, 9.17) is 4.84 Å². The van der Waals surface area contributed by atoms with Crippen molar-refractivity contribution in [2.24, 2.45) is 5.92 Å². The van der Waals surface area contributed by atoms with Gasteiger partial charge in [0, 0.05) is 4.47 Å². The highest BCUT2D eigenvalue weighted by atomic mass is 79.9. The maximum Gasteiger partial charge on any atom is 0.266 e. The third-order valence-electron chi connectivity index (χ3n) is 6.09. The molecule has 156 valence electrons. The number of halogens is 1. The smallest absolute Gasteiger partial charge is 0.266 e. The number of para-hydroxylation sites is 1. The number of aryl methyl sites for hydroxylation is 2. The van der Waals surface area contributed by atoms with Gasteiger partial charge in [0.15, 0.2) is 6.10 Å². The SMILES string of the molecule is Cc1ccc(N2C(=O)C3ON(c4ccccc4)C(c4ccc(Br)cc4)C3C2=O)cc1C. The Bertz CT molecular complexity index is 1160. The van der Waals surface area contributed by atoms with Crippen molar-refractivity contribution in [3.8, 4) is 0 Å². The Hall–Kier alpha value is -2.96. The summed E-state index contributed by atoms with van der Waals surface area (Å²) < 4.78 is 0.948. The van der Waals surface area contributed by atoms with E-state index >= 15 is 0 Å². The van der Waals surface area contributed by atoms with Crippen LogP contribution in [0.3, 0.4) is 0 Å². The first-order valence-electron chi connectivity index (χ1n) is 10.2. The molecule has 3 unspecified atom stereocenters. The summed E-state index contributed by atoms with van der Waals surface area (Å²) in [7, 11) is 0. The van der Waals surface area contributed by atoms with Crippen LogP contribution in [0.1, 0.15) is 22.7 Å². The van der Waals surface area contributed by atoms with Crippen LogP contribution in [0.2, 0.25) is 0 Å². The Morgan fingerprint density at radius 3 is 2.19 bits per heavy atom. The Kier molecular flexibility index (Phi) is 4.91. The van der Waals surface area contributed by atoms with Gasteiger partial charge in [0.1, 0.15) is 5.92 Å². The average molecular weight is 477 g/mol. The van der Waals surface area contributed by atoms with E-state index in [1.54, 1.807) is 5.06 Å². The van der Waals surface area contributed by atoms with E-state index in [0.717, 1.165) is 26.9 Å². The van der Waals surface area contributed by atoms with E-state index in [1.807, 2.05) is 86.6 Å². The molecule has 6 heteroatoms. The molecule has 2 aliphatic rings. The van der Waals surface area contributed by atoms with Crippen LogP contribution in [0, 0.1) is 19.8 Å². The minimum absolute atomic E-state index is 0.232. The fourth-order valence-electron chi connectivity index (χ4n) is 4.33. The summed E-state index contributed by atoms with van der Waals surface area (Å²) in [5, 5.41) is 1.71. The van der Waals surface area contributed by atoms with Crippen LogP contribution >= 0.6 is 15.9 Å². The number of nitrogens with zero attached hydrogens (tertiary/aromatic N) is 2. The van der Waals surface area contributed by atoms with Crippen LogP contribution in [-0.2, 0) is 14.4 Å². The molecule has 3 aromatic carbocycles. The quantitative estimate of drug-likeness (QED) is 0.492. The summed E-state index contributed by atoms with van der Waals surface area (Å²) in [5.74, 6) is -1.18. The zero-order valence-electron chi connectivity index (χ0n) is 17.2. The van der Waals surface area contributed by atoms with Gasteiger partial charge >= 0.3 is 0 Å². The second kappa shape index (κ2) is 7.62. The predicted molar refractivity (Wildman–Crippen MR) is 123 cm³/mol. The molecule has 5 rings (SSSR count). The van der Waals surface area contributed by atoms with Crippen molar-refractivity contribution >= 4 is 39.1 Å². The lowest BCUT2D eigenvalue weighted by atomic mass is 9.90. The highest BCUT2D eigenvalue weighted by Crippen LogP contribution is 2.47. The second-order valence-corrected chi connectivity index (χ2v) is 8.91. The number of imide groups is 1. The Balaban J connectivity index is 1.58. The lowest BCUT2D eigenvalue weighted by molar-refractivity contribution is -0.126. The number of fused-ring (bicyclic) bond motifs is 1. The van der Waals surface area contributed by atoms with E-state index in [-0.39, 0.29) is 11.8 Å². The van der Waals surface area contributed by atoms with Gasteiger partial charge < -0.3 is 0 Å². The lowest BCUT2D eigenvalue weighted by Gasteiger charge is -2.29. The summed E-state index contributed by atoms with van der Waals surface area (Å²) in [6.45, 7) is 3.98. The van der Waals surface area contributed by atoms with Gasteiger partial charge in [-0.3, -0.25) is 14.4 Å². The number of carbonyl (C=O) groups excluding carboxylic acids is 2. The minimum atomic E-state index is -0.858. The third kappa shape index (κ3) is 3.27. The summed E-state index contributed by atoms with van der Waals surface area (Å²) >= 11 is 3.47. The van der Waals surface area contributed by atoms with Crippen LogP contribution in [0.4, 0.5) is 11.4 Å². The van der Waals surface area contributed by atoms with Crippen molar-refractivity contribution in [1.82, 2.24) is 0 Å². The number of hydroxylamine groups is 1. The third-order valence-corrected chi connectivity index (χ3v) is 6.61. The maximum absolute atomic E-state index is 13.6. The predicted octanol–water partition coefficient (Wildman–Crippen LogP) is 5.12. The molecule has 2 saturated heterocycles. The fourth-order valence-corrected chi connectivity index (χ4v) is 4.60. The molecule has 0 radical (unpaired) electrons. The number of anilines is 2. The Morgan fingerprint density at radius 1 is 0.806 bits per heavy atom. The maximum atomic E-state index is 13.6. The van der Waals surface area contributed by atoms with Gasteiger partial charge in [0.2, 0.25) is 5.91 Å². The van der Waals surface area contributed by atoms with E-state index in [2.05, 4.69) is 15.9 Å². The van der Waals surface area contributed by atoms with Crippen molar-refractivity contribution in [3.63, 3.8) is 0 Å². The molecule has 0 N–H and O–H groups in total. The molecule has 31 heavy (non-hydrogen) atoms. The van der Waals surface area contributed by atoms with Crippen LogP contribution < -0.4 is 9.96 Å². The zero-order valence-corrected chi connectivity index (χ0v) is 18.7. The highest BCUT2D eigenvalue weighted by molar-refractivity contribution is 9.10. The summed E-state index contributed by atoms with van der Waals surface area (Å²) in [6, 6.07) is 22.6. The lowest BCUT2D eigenvalue weighted by Crippen LogP contribution is -2.37. The largest absolute Gasteiger partial charge is 0.273 e. The molecule has 0 bridgehead atoms. The first-order chi connectivity index (χ1) is 15.0. The second-order valence-electron chi connectivity index (χ2n) is 7.99. The van der Waals surface area contributed by atoms with E-state index in [0.29, 0.717) is 5.69 Å². The molecule has 0 aromatic heterocycles. The van der Waals surface area contributed by atoms with E-state index < -0.39 is 18.1 Å². The molecule has 0 aliphatic carbocycles. The van der Waals surface area contributed by atoms with Crippen molar-refractivity contribution in [1.29, 1.82) is 0 Å².